The maximum absolute atomic E-state index is 5.53. The highest BCUT2D eigenvalue weighted by atomic mass is 16.5. The smallest absolute Gasteiger partial charge is 0.142 e. The number of hydrogen-bond acceptors (Lipinski definition) is 4. The maximum Gasteiger partial charge on any atom is 0.142 e. The number of anilines is 1. The van der Waals surface area contributed by atoms with Crippen molar-refractivity contribution in [3.8, 4) is 11.4 Å². The summed E-state index contributed by atoms with van der Waals surface area (Å²) < 4.78 is 7.56. The van der Waals surface area contributed by atoms with Crippen LogP contribution in [0.1, 0.15) is 37.1 Å². The topological polar surface area (TPSA) is 42.3 Å². The molecular formula is C24H30N4O. The van der Waals surface area contributed by atoms with Gasteiger partial charge in [-0.2, -0.15) is 5.10 Å². The first-order valence-corrected chi connectivity index (χ1v) is 10.4. The van der Waals surface area contributed by atoms with Crippen LogP contribution < -0.4 is 15.0 Å². The lowest BCUT2D eigenvalue weighted by molar-refractivity contribution is 0.375. The largest absolute Gasteiger partial charge is 0.495 e. The van der Waals surface area contributed by atoms with Crippen LogP contribution in [-0.2, 0) is 0 Å². The number of methoxy groups -OCH3 is 1. The standard InChI is InChI=1S/C24H30N4O/c1-18(22-17-25-28(19(22)2)21-9-5-4-6-10-21)26-20-13-15-27(16-14-20)23-11-7-8-12-24(23)29-3/h4-12,17-18,20,26H,13-16H2,1-3H3. The fourth-order valence-corrected chi connectivity index (χ4v) is 4.30. The second kappa shape index (κ2) is 8.70. The lowest BCUT2D eigenvalue weighted by Gasteiger charge is -2.35. The molecule has 1 aromatic heterocycles. The van der Waals surface area contributed by atoms with Gasteiger partial charge in [0, 0.05) is 36.4 Å². The molecule has 0 saturated carbocycles. The van der Waals surface area contributed by atoms with Crippen molar-refractivity contribution in [2.45, 2.75) is 38.8 Å². The maximum atomic E-state index is 5.53. The van der Waals surface area contributed by atoms with E-state index in [0.717, 1.165) is 37.4 Å². The van der Waals surface area contributed by atoms with Crippen molar-refractivity contribution in [3.63, 3.8) is 0 Å². The van der Waals surface area contributed by atoms with Crippen LogP contribution >= 0.6 is 0 Å². The fraction of sp³-hybridized carbons (Fsp3) is 0.375. The number of rotatable bonds is 6. The Kier molecular flexibility index (Phi) is 5.86. The minimum Gasteiger partial charge on any atom is -0.495 e. The van der Waals surface area contributed by atoms with Crippen LogP contribution in [0.3, 0.4) is 0 Å². The molecule has 1 aliphatic rings. The van der Waals surface area contributed by atoms with Crippen LogP contribution in [0.5, 0.6) is 5.75 Å². The summed E-state index contributed by atoms with van der Waals surface area (Å²) in [4.78, 5) is 2.43. The molecule has 1 aliphatic heterocycles. The molecule has 0 aliphatic carbocycles. The normalized spacial score (nSPS) is 16.0. The Morgan fingerprint density at radius 2 is 1.72 bits per heavy atom. The summed E-state index contributed by atoms with van der Waals surface area (Å²) >= 11 is 0. The van der Waals surface area contributed by atoms with E-state index in [1.165, 1.54) is 16.9 Å². The Balaban J connectivity index is 1.38. The monoisotopic (exact) mass is 390 g/mol. The zero-order valence-corrected chi connectivity index (χ0v) is 17.5. The fourth-order valence-electron chi connectivity index (χ4n) is 4.30. The predicted octanol–water partition coefficient (Wildman–Crippen LogP) is 4.51. The van der Waals surface area contributed by atoms with Gasteiger partial charge < -0.3 is 15.0 Å². The van der Waals surface area contributed by atoms with Gasteiger partial charge in [-0.1, -0.05) is 30.3 Å². The van der Waals surface area contributed by atoms with Crippen molar-refractivity contribution in [2.75, 3.05) is 25.1 Å². The number of hydrogen-bond donors (Lipinski definition) is 1. The van der Waals surface area contributed by atoms with Gasteiger partial charge in [-0.15, -0.1) is 0 Å². The van der Waals surface area contributed by atoms with E-state index < -0.39 is 0 Å². The molecule has 2 aromatic carbocycles. The molecule has 0 spiro atoms. The molecule has 1 atom stereocenters. The van der Waals surface area contributed by atoms with E-state index in [0.29, 0.717) is 6.04 Å². The van der Waals surface area contributed by atoms with Crippen molar-refractivity contribution < 1.29 is 4.74 Å². The molecule has 1 saturated heterocycles. The highest BCUT2D eigenvalue weighted by Gasteiger charge is 2.24. The third-order valence-electron chi connectivity index (χ3n) is 5.92. The Bertz CT molecular complexity index is 929. The van der Waals surface area contributed by atoms with Gasteiger partial charge >= 0.3 is 0 Å². The zero-order chi connectivity index (χ0) is 20.2. The van der Waals surface area contributed by atoms with E-state index >= 15 is 0 Å². The van der Waals surface area contributed by atoms with E-state index in [4.69, 9.17) is 4.74 Å². The van der Waals surface area contributed by atoms with Crippen molar-refractivity contribution in [2.24, 2.45) is 0 Å². The summed E-state index contributed by atoms with van der Waals surface area (Å²) in [7, 11) is 1.74. The molecule has 4 rings (SSSR count). The Labute approximate surface area is 173 Å². The first-order valence-electron chi connectivity index (χ1n) is 10.4. The molecule has 5 nitrogen and oxygen atoms in total. The molecule has 152 valence electrons. The molecular weight excluding hydrogens is 360 g/mol. The molecule has 2 heterocycles. The second-order valence-corrected chi connectivity index (χ2v) is 7.75. The molecule has 1 N–H and O–H groups in total. The van der Waals surface area contributed by atoms with Crippen LogP contribution in [0.2, 0.25) is 0 Å². The molecule has 5 heteroatoms. The number of aromatic nitrogens is 2. The summed E-state index contributed by atoms with van der Waals surface area (Å²) in [6.07, 6.45) is 4.24. The van der Waals surface area contributed by atoms with Crippen molar-refractivity contribution in [1.82, 2.24) is 15.1 Å². The Hall–Kier alpha value is -2.79. The number of nitrogens with zero attached hydrogens (tertiary/aromatic N) is 3. The minimum atomic E-state index is 0.273. The first-order chi connectivity index (χ1) is 14.2. The van der Waals surface area contributed by atoms with E-state index in [1.807, 2.05) is 41.2 Å². The quantitative estimate of drug-likeness (QED) is 0.672. The van der Waals surface area contributed by atoms with Crippen molar-refractivity contribution in [1.29, 1.82) is 0 Å². The van der Waals surface area contributed by atoms with Gasteiger partial charge in [-0.3, -0.25) is 0 Å². The summed E-state index contributed by atoms with van der Waals surface area (Å²) in [5.41, 5.74) is 4.76. The zero-order valence-electron chi connectivity index (χ0n) is 17.5. The van der Waals surface area contributed by atoms with Gasteiger partial charge in [0.15, 0.2) is 0 Å². The summed E-state index contributed by atoms with van der Waals surface area (Å²) in [6, 6.07) is 19.4. The highest BCUT2D eigenvalue weighted by Crippen LogP contribution is 2.30. The first kappa shape index (κ1) is 19.5. The highest BCUT2D eigenvalue weighted by molar-refractivity contribution is 5.58. The van der Waals surface area contributed by atoms with Crippen molar-refractivity contribution in [3.05, 3.63) is 72.1 Å². The van der Waals surface area contributed by atoms with Gasteiger partial charge in [0.05, 0.1) is 24.7 Å². The van der Waals surface area contributed by atoms with Crippen LogP contribution in [-0.4, -0.2) is 36.0 Å². The Morgan fingerprint density at radius 3 is 2.45 bits per heavy atom. The van der Waals surface area contributed by atoms with E-state index in [-0.39, 0.29) is 6.04 Å². The van der Waals surface area contributed by atoms with E-state index in [1.54, 1.807) is 7.11 Å². The summed E-state index contributed by atoms with van der Waals surface area (Å²) in [5, 5.41) is 8.46. The molecule has 0 amide bonds. The second-order valence-electron chi connectivity index (χ2n) is 7.75. The predicted molar refractivity (Wildman–Crippen MR) is 118 cm³/mol. The van der Waals surface area contributed by atoms with Gasteiger partial charge in [0.2, 0.25) is 0 Å². The minimum absolute atomic E-state index is 0.273. The third-order valence-corrected chi connectivity index (χ3v) is 5.92. The number of benzene rings is 2. The lowest BCUT2D eigenvalue weighted by Crippen LogP contribution is -2.43. The van der Waals surface area contributed by atoms with Gasteiger partial charge in [-0.25, -0.2) is 4.68 Å². The van der Waals surface area contributed by atoms with Crippen LogP contribution in [0, 0.1) is 6.92 Å². The number of para-hydroxylation sites is 3. The Morgan fingerprint density at radius 1 is 1.03 bits per heavy atom. The van der Waals surface area contributed by atoms with Gasteiger partial charge in [0.25, 0.3) is 0 Å². The molecule has 1 unspecified atom stereocenters. The van der Waals surface area contributed by atoms with Crippen LogP contribution in [0.25, 0.3) is 5.69 Å². The molecule has 3 aromatic rings. The van der Waals surface area contributed by atoms with Crippen molar-refractivity contribution >= 4 is 5.69 Å². The summed E-state index contributed by atoms with van der Waals surface area (Å²) in [5.74, 6) is 0.955. The summed E-state index contributed by atoms with van der Waals surface area (Å²) in [6.45, 7) is 6.46. The molecule has 0 bridgehead atoms. The van der Waals surface area contributed by atoms with Crippen LogP contribution in [0.15, 0.2) is 60.8 Å². The average molecular weight is 391 g/mol. The van der Waals surface area contributed by atoms with E-state index in [9.17, 15) is 0 Å². The molecule has 0 radical (unpaired) electrons. The third kappa shape index (κ3) is 4.15. The molecule has 1 fully saturated rings. The SMILES string of the molecule is COc1ccccc1N1CCC(NC(C)c2cnn(-c3ccccc3)c2C)CC1. The number of ether oxygens (including phenoxy) is 1. The lowest BCUT2D eigenvalue weighted by atomic mass is 10.0. The number of nitrogens with one attached hydrogen (secondary N) is 1. The van der Waals surface area contributed by atoms with E-state index in [2.05, 4.69) is 53.4 Å². The number of piperidine rings is 1. The average Bonchev–Trinajstić information content (AvgIpc) is 3.16. The van der Waals surface area contributed by atoms with Gasteiger partial charge in [-0.05, 0) is 51.0 Å². The molecule has 29 heavy (non-hydrogen) atoms. The van der Waals surface area contributed by atoms with Crippen LogP contribution in [0.4, 0.5) is 5.69 Å². The van der Waals surface area contributed by atoms with Gasteiger partial charge in [0.1, 0.15) is 5.75 Å².